The van der Waals surface area contributed by atoms with Crippen LogP contribution < -0.4 is 9.47 Å². The predicted molar refractivity (Wildman–Crippen MR) is 134 cm³/mol. The molecule has 0 N–H and O–H groups in total. The van der Waals surface area contributed by atoms with Crippen LogP contribution >= 0.6 is 0 Å². The molecule has 0 atom stereocenters. The van der Waals surface area contributed by atoms with Gasteiger partial charge in [0.2, 0.25) is 5.82 Å². The molecule has 3 aromatic rings. The van der Waals surface area contributed by atoms with Crippen molar-refractivity contribution in [3.63, 3.8) is 0 Å². The second-order valence-corrected chi connectivity index (χ2v) is 8.50. The highest BCUT2D eigenvalue weighted by Gasteiger charge is 2.14. The standard InChI is InChI=1S/C30H28F4O3/c1-2-3-4-5-6-7-8-19-36-27-18-14-22(28(33)29(27)34)12-9-21-10-15-24(16-11-21)37-30(35)23-13-17-25(31)26(32)20-23/h10-11,13-18,20H,2-8,19H2,1H3. The van der Waals surface area contributed by atoms with Crippen LogP contribution in [0.5, 0.6) is 11.5 Å². The molecule has 0 aromatic heterocycles. The van der Waals surface area contributed by atoms with Gasteiger partial charge in [-0.15, -0.1) is 0 Å². The van der Waals surface area contributed by atoms with Crippen molar-refractivity contribution in [3.8, 4) is 23.3 Å². The number of benzene rings is 3. The highest BCUT2D eigenvalue weighted by atomic mass is 19.2. The fraction of sp³-hybridized carbons (Fsp3) is 0.300. The average Bonchev–Trinajstić information content (AvgIpc) is 2.90. The van der Waals surface area contributed by atoms with E-state index < -0.39 is 29.2 Å². The number of unbranched alkanes of at least 4 members (excludes halogenated alkanes) is 6. The van der Waals surface area contributed by atoms with Crippen LogP contribution in [0.1, 0.15) is 73.4 Å². The zero-order valence-electron chi connectivity index (χ0n) is 20.6. The van der Waals surface area contributed by atoms with Crippen molar-refractivity contribution in [1.82, 2.24) is 0 Å². The van der Waals surface area contributed by atoms with Crippen molar-refractivity contribution < 1.29 is 31.8 Å². The molecule has 3 rings (SSSR count). The third kappa shape index (κ3) is 8.38. The lowest BCUT2D eigenvalue weighted by molar-refractivity contribution is 0.0734. The fourth-order valence-electron chi connectivity index (χ4n) is 3.52. The number of hydrogen-bond acceptors (Lipinski definition) is 3. The Balaban J connectivity index is 1.54. The number of esters is 1. The summed E-state index contributed by atoms with van der Waals surface area (Å²) in [5, 5.41) is 0. The maximum Gasteiger partial charge on any atom is 0.343 e. The van der Waals surface area contributed by atoms with E-state index in [-0.39, 0.29) is 22.6 Å². The molecule has 0 amide bonds. The molecule has 3 nitrogen and oxygen atoms in total. The van der Waals surface area contributed by atoms with E-state index in [1.54, 1.807) is 0 Å². The first-order valence-corrected chi connectivity index (χ1v) is 12.3. The maximum atomic E-state index is 14.5. The molecular weight excluding hydrogens is 484 g/mol. The van der Waals surface area contributed by atoms with Crippen LogP contribution in [0.2, 0.25) is 0 Å². The Hall–Kier alpha value is -3.79. The van der Waals surface area contributed by atoms with Gasteiger partial charge in [-0.1, -0.05) is 57.3 Å². The molecule has 0 saturated carbocycles. The molecule has 0 heterocycles. The van der Waals surface area contributed by atoms with Crippen molar-refractivity contribution in [2.45, 2.75) is 51.9 Å². The monoisotopic (exact) mass is 512 g/mol. The summed E-state index contributed by atoms with van der Waals surface area (Å²) < 4.78 is 65.7. The van der Waals surface area contributed by atoms with Gasteiger partial charge in [0, 0.05) is 5.56 Å². The van der Waals surface area contributed by atoms with Crippen molar-refractivity contribution in [2.75, 3.05) is 6.61 Å². The first kappa shape index (κ1) is 27.8. The van der Waals surface area contributed by atoms with Crippen LogP contribution in [0, 0.1) is 35.1 Å². The van der Waals surface area contributed by atoms with Gasteiger partial charge in [-0.05, 0) is 61.0 Å². The molecule has 0 radical (unpaired) electrons. The third-order valence-corrected chi connectivity index (χ3v) is 5.61. The van der Waals surface area contributed by atoms with Gasteiger partial charge in [0.15, 0.2) is 23.2 Å². The summed E-state index contributed by atoms with van der Waals surface area (Å²) in [5.41, 5.74) is 0.205. The number of halogens is 4. The number of hydrogen-bond donors (Lipinski definition) is 0. The second-order valence-electron chi connectivity index (χ2n) is 8.50. The molecule has 0 fully saturated rings. The number of ether oxygens (including phenoxy) is 2. The van der Waals surface area contributed by atoms with Gasteiger partial charge in [0.1, 0.15) is 5.75 Å². The van der Waals surface area contributed by atoms with E-state index >= 15 is 0 Å². The Kier molecular flexibility index (Phi) is 10.6. The van der Waals surface area contributed by atoms with E-state index in [0.29, 0.717) is 12.2 Å². The van der Waals surface area contributed by atoms with E-state index in [1.807, 2.05) is 0 Å². The van der Waals surface area contributed by atoms with E-state index in [9.17, 15) is 22.4 Å². The maximum absolute atomic E-state index is 14.5. The van der Waals surface area contributed by atoms with Gasteiger partial charge in [0.25, 0.3) is 0 Å². The van der Waals surface area contributed by atoms with Crippen molar-refractivity contribution in [3.05, 3.63) is 94.6 Å². The molecule has 0 aliphatic heterocycles. The minimum absolute atomic E-state index is 0.116. The molecule has 0 spiro atoms. The molecular formula is C30H28F4O3. The SMILES string of the molecule is CCCCCCCCCOc1ccc(C#Cc2ccc(OC(=O)c3ccc(F)c(F)c3)cc2)c(F)c1F. The van der Waals surface area contributed by atoms with Crippen molar-refractivity contribution in [2.24, 2.45) is 0 Å². The summed E-state index contributed by atoms with van der Waals surface area (Å²) in [7, 11) is 0. The molecule has 3 aromatic carbocycles. The summed E-state index contributed by atoms with van der Waals surface area (Å²) in [6.45, 7) is 2.49. The van der Waals surface area contributed by atoms with Gasteiger partial charge >= 0.3 is 5.97 Å². The topological polar surface area (TPSA) is 35.5 Å². The van der Waals surface area contributed by atoms with Crippen LogP contribution in [0.25, 0.3) is 0 Å². The molecule has 0 aliphatic carbocycles. The Labute approximate surface area is 214 Å². The smallest absolute Gasteiger partial charge is 0.343 e. The summed E-state index contributed by atoms with van der Waals surface area (Å²) in [6.07, 6.45) is 7.70. The molecule has 0 bridgehead atoms. The van der Waals surface area contributed by atoms with Gasteiger partial charge in [-0.3, -0.25) is 0 Å². The van der Waals surface area contributed by atoms with Crippen molar-refractivity contribution in [1.29, 1.82) is 0 Å². The third-order valence-electron chi connectivity index (χ3n) is 5.61. The average molecular weight is 513 g/mol. The fourth-order valence-corrected chi connectivity index (χ4v) is 3.52. The van der Waals surface area contributed by atoms with E-state index in [1.165, 1.54) is 62.1 Å². The number of carbonyl (C=O) groups excluding carboxylic acids is 1. The lowest BCUT2D eigenvalue weighted by Gasteiger charge is -2.08. The normalized spacial score (nSPS) is 10.5. The molecule has 7 heteroatoms. The Morgan fingerprint density at radius 1 is 0.757 bits per heavy atom. The minimum Gasteiger partial charge on any atom is -0.490 e. The van der Waals surface area contributed by atoms with Crippen LogP contribution in [-0.4, -0.2) is 12.6 Å². The summed E-state index contributed by atoms with van der Waals surface area (Å²) in [6, 6.07) is 11.4. The quantitative estimate of drug-likeness (QED) is 0.0859. The van der Waals surface area contributed by atoms with Crippen LogP contribution in [0.3, 0.4) is 0 Å². The van der Waals surface area contributed by atoms with Gasteiger partial charge < -0.3 is 9.47 Å². The Morgan fingerprint density at radius 2 is 1.46 bits per heavy atom. The summed E-state index contributed by atoms with van der Waals surface area (Å²) >= 11 is 0. The second kappa shape index (κ2) is 14.1. The van der Waals surface area contributed by atoms with Gasteiger partial charge in [-0.2, -0.15) is 4.39 Å². The summed E-state index contributed by atoms with van der Waals surface area (Å²) in [5.74, 6) is 0.0935. The number of rotatable bonds is 11. The van der Waals surface area contributed by atoms with Crippen LogP contribution in [0.4, 0.5) is 17.6 Å². The first-order valence-electron chi connectivity index (χ1n) is 12.3. The zero-order chi connectivity index (χ0) is 26.6. The highest BCUT2D eigenvalue weighted by Crippen LogP contribution is 2.23. The molecule has 0 aliphatic rings. The first-order chi connectivity index (χ1) is 17.9. The largest absolute Gasteiger partial charge is 0.490 e. The lowest BCUT2D eigenvalue weighted by atomic mass is 10.1. The molecule has 0 saturated heterocycles. The zero-order valence-corrected chi connectivity index (χ0v) is 20.6. The van der Waals surface area contributed by atoms with Crippen LogP contribution in [0.15, 0.2) is 54.6 Å². The lowest BCUT2D eigenvalue weighted by Crippen LogP contribution is -2.09. The molecule has 0 unspecified atom stereocenters. The summed E-state index contributed by atoms with van der Waals surface area (Å²) in [4.78, 5) is 12.1. The van der Waals surface area contributed by atoms with E-state index in [2.05, 4.69) is 18.8 Å². The molecule has 37 heavy (non-hydrogen) atoms. The van der Waals surface area contributed by atoms with E-state index in [4.69, 9.17) is 9.47 Å². The highest BCUT2D eigenvalue weighted by molar-refractivity contribution is 5.91. The Bertz CT molecular complexity index is 1260. The van der Waals surface area contributed by atoms with Gasteiger partial charge in [0.05, 0.1) is 17.7 Å². The minimum atomic E-state index is -1.16. The van der Waals surface area contributed by atoms with Gasteiger partial charge in [-0.25, -0.2) is 18.0 Å². The van der Waals surface area contributed by atoms with Crippen molar-refractivity contribution >= 4 is 5.97 Å². The van der Waals surface area contributed by atoms with E-state index in [0.717, 1.165) is 37.5 Å². The Morgan fingerprint density at radius 3 is 2.16 bits per heavy atom. The van der Waals surface area contributed by atoms with Crippen LogP contribution in [-0.2, 0) is 0 Å². The number of carbonyl (C=O) groups is 1. The predicted octanol–water partition coefficient (Wildman–Crippen LogP) is 7.99. The molecule has 194 valence electrons.